The summed E-state index contributed by atoms with van der Waals surface area (Å²) in [5.41, 5.74) is -0.257. The van der Waals surface area contributed by atoms with Crippen molar-refractivity contribution in [3.05, 3.63) is 57.8 Å². The second-order valence-electron chi connectivity index (χ2n) is 4.98. The van der Waals surface area contributed by atoms with E-state index in [-0.39, 0.29) is 11.3 Å². The van der Waals surface area contributed by atoms with E-state index < -0.39 is 43.3 Å². The van der Waals surface area contributed by atoms with Gasteiger partial charge in [-0.25, -0.2) is 13.4 Å². The summed E-state index contributed by atoms with van der Waals surface area (Å²) >= 11 is 0. The van der Waals surface area contributed by atoms with Crippen molar-refractivity contribution in [3.63, 3.8) is 0 Å². The molecule has 11 heteroatoms. The molecule has 1 aromatic carbocycles. The normalized spacial score (nSPS) is 12.0. The summed E-state index contributed by atoms with van der Waals surface area (Å²) in [6.07, 6.45) is -4.86. The van der Waals surface area contributed by atoms with Crippen LogP contribution in [0.3, 0.4) is 0 Å². The highest BCUT2D eigenvalue weighted by atomic mass is 32.2. The summed E-state index contributed by atoms with van der Waals surface area (Å²) in [6, 6.07) is 6.50. The topological polar surface area (TPSA) is 99.4 Å². The van der Waals surface area contributed by atoms with Gasteiger partial charge in [-0.3, -0.25) is 10.1 Å². The number of hydrogen-bond donors (Lipinski definition) is 0. The molecule has 25 heavy (non-hydrogen) atoms. The third-order valence-corrected chi connectivity index (χ3v) is 4.59. The van der Waals surface area contributed by atoms with Crippen molar-refractivity contribution in [1.82, 2.24) is 4.98 Å². The van der Waals surface area contributed by atoms with Crippen LogP contribution in [-0.2, 0) is 15.6 Å². The third kappa shape index (κ3) is 4.89. The molecule has 0 saturated carbocycles. The molecule has 7 nitrogen and oxygen atoms in total. The maximum atomic E-state index is 12.4. The molecule has 0 fully saturated rings. The van der Waals surface area contributed by atoms with Gasteiger partial charge in [-0.1, -0.05) is 12.1 Å². The minimum atomic E-state index is -4.86. The largest absolute Gasteiger partial charge is 0.573 e. The van der Waals surface area contributed by atoms with Crippen LogP contribution in [0.5, 0.6) is 5.75 Å². The molecular weight excluding hydrogens is 365 g/mol. The molecule has 1 aromatic heterocycles. The molecule has 0 aliphatic heterocycles. The predicted octanol–water partition coefficient (Wildman–Crippen LogP) is 3.17. The number of hydrogen-bond acceptors (Lipinski definition) is 6. The molecule has 2 rings (SSSR count). The summed E-state index contributed by atoms with van der Waals surface area (Å²) in [7, 11) is -4.18. The van der Waals surface area contributed by atoms with Crippen LogP contribution in [0.15, 0.2) is 41.4 Å². The molecule has 0 unspecified atom stereocenters. The highest BCUT2D eigenvalue weighted by molar-refractivity contribution is 7.90. The number of halogens is 3. The highest BCUT2D eigenvalue weighted by Crippen LogP contribution is 2.27. The van der Waals surface area contributed by atoms with Gasteiger partial charge in [-0.2, -0.15) is 0 Å². The van der Waals surface area contributed by atoms with E-state index in [9.17, 15) is 31.7 Å². The van der Waals surface area contributed by atoms with Crippen LogP contribution >= 0.6 is 0 Å². The van der Waals surface area contributed by atoms with E-state index in [1.807, 2.05) is 0 Å². The van der Waals surface area contributed by atoms with Gasteiger partial charge >= 0.3 is 12.0 Å². The minimum Gasteiger partial charge on any atom is -0.406 e. The van der Waals surface area contributed by atoms with Crippen LogP contribution in [0.25, 0.3) is 0 Å². The lowest BCUT2D eigenvalue weighted by atomic mass is 10.2. The number of sulfone groups is 1. The Hall–Kier alpha value is -2.69. The third-order valence-electron chi connectivity index (χ3n) is 2.98. The Morgan fingerprint density at radius 3 is 2.28 bits per heavy atom. The molecule has 134 valence electrons. The van der Waals surface area contributed by atoms with Gasteiger partial charge in [0.1, 0.15) is 5.75 Å². The van der Waals surface area contributed by atoms with Gasteiger partial charge in [0.25, 0.3) is 0 Å². The number of aryl methyl sites for hydroxylation is 1. The zero-order valence-electron chi connectivity index (χ0n) is 12.6. The monoisotopic (exact) mass is 376 g/mol. The van der Waals surface area contributed by atoms with Crippen molar-refractivity contribution < 1.29 is 31.2 Å². The molecule has 0 aliphatic rings. The summed E-state index contributed by atoms with van der Waals surface area (Å²) in [5, 5.41) is 10.3. The quantitative estimate of drug-likeness (QED) is 0.587. The molecule has 1 heterocycles. The van der Waals surface area contributed by atoms with Crippen LogP contribution in [0, 0.1) is 17.0 Å². The second kappa shape index (κ2) is 6.67. The van der Waals surface area contributed by atoms with E-state index in [1.54, 1.807) is 0 Å². The first-order chi connectivity index (χ1) is 11.5. The van der Waals surface area contributed by atoms with E-state index in [2.05, 4.69) is 9.72 Å². The van der Waals surface area contributed by atoms with Crippen LogP contribution < -0.4 is 4.74 Å². The van der Waals surface area contributed by atoms with Crippen LogP contribution in [0.2, 0.25) is 0 Å². The first-order valence-corrected chi connectivity index (χ1v) is 8.33. The Kier molecular flexibility index (Phi) is 4.97. The van der Waals surface area contributed by atoms with Crippen molar-refractivity contribution in [2.45, 2.75) is 24.1 Å². The Morgan fingerprint density at radius 2 is 1.76 bits per heavy atom. The fourth-order valence-electron chi connectivity index (χ4n) is 1.97. The number of nitro groups is 1. The number of rotatable bonds is 5. The van der Waals surface area contributed by atoms with E-state index in [0.29, 0.717) is 0 Å². The lowest BCUT2D eigenvalue weighted by molar-refractivity contribution is -0.388. The summed E-state index contributed by atoms with van der Waals surface area (Å²) in [4.78, 5) is 13.9. The SMILES string of the molecule is Cc1ccc([N+](=O)[O-])c(S(=O)(=O)Cc2ccc(OC(F)(F)F)cc2)n1. The average molecular weight is 376 g/mol. The van der Waals surface area contributed by atoms with E-state index in [1.165, 1.54) is 13.0 Å². The van der Waals surface area contributed by atoms with Gasteiger partial charge in [0, 0.05) is 11.8 Å². The number of pyridine rings is 1. The summed E-state index contributed by atoms with van der Waals surface area (Å²) < 4.78 is 64.8. The van der Waals surface area contributed by atoms with Gasteiger partial charge in [0.2, 0.25) is 14.9 Å². The predicted molar refractivity (Wildman–Crippen MR) is 79.6 cm³/mol. The van der Waals surface area contributed by atoms with Gasteiger partial charge in [0.15, 0.2) is 0 Å². The maximum Gasteiger partial charge on any atom is 0.573 e. The van der Waals surface area contributed by atoms with E-state index in [0.717, 1.165) is 30.3 Å². The highest BCUT2D eigenvalue weighted by Gasteiger charge is 2.31. The molecular formula is C14H11F3N2O5S. The van der Waals surface area contributed by atoms with E-state index in [4.69, 9.17) is 0 Å². The molecule has 0 N–H and O–H groups in total. The molecule has 0 radical (unpaired) electrons. The molecule has 0 amide bonds. The maximum absolute atomic E-state index is 12.4. The summed E-state index contributed by atoms with van der Waals surface area (Å²) in [5.74, 6) is -1.16. The van der Waals surface area contributed by atoms with Crippen molar-refractivity contribution in [1.29, 1.82) is 0 Å². The first kappa shape index (κ1) is 18.6. The van der Waals surface area contributed by atoms with Crippen molar-refractivity contribution in [2.24, 2.45) is 0 Å². The van der Waals surface area contributed by atoms with E-state index >= 15 is 0 Å². The molecule has 0 aliphatic carbocycles. The van der Waals surface area contributed by atoms with Crippen LogP contribution in [0.1, 0.15) is 11.3 Å². The Bertz CT molecular complexity index is 896. The number of aromatic nitrogens is 1. The average Bonchev–Trinajstić information content (AvgIpc) is 2.47. The molecule has 0 spiro atoms. The number of nitrogens with zero attached hydrogens (tertiary/aromatic N) is 2. The molecule has 0 bridgehead atoms. The van der Waals surface area contributed by atoms with Crippen molar-refractivity contribution in [3.8, 4) is 5.75 Å². The van der Waals surface area contributed by atoms with Gasteiger partial charge in [0.05, 0.1) is 10.7 Å². The van der Waals surface area contributed by atoms with Crippen LogP contribution in [-0.4, -0.2) is 24.7 Å². The Morgan fingerprint density at radius 1 is 1.16 bits per heavy atom. The Labute approximate surface area is 140 Å². The van der Waals surface area contributed by atoms with Crippen molar-refractivity contribution in [2.75, 3.05) is 0 Å². The fourth-order valence-corrected chi connectivity index (χ4v) is 3.48. The fraction of sp³-hybridized carbons (Fsp3) is 0.214. The molecule has 2 aromatic rings. The summed E-state index contributed by atoms with van der Waals surface area (Å²) in [6.45, 7) is 1.48. The Balaban J connectivity index is 2.31. The smallest absolute Gasteiger partial charge is 0.406 e. The number of ether oxygens (including phenoxy) is 1. The standard InChI is InChI=1S/C14H11F3N2O5S/c1-9-2-7-12(19(20)21)13(18-9)25(22,23)8-10-3-5-11(6-4-10)24-14(15,16)17/h2-7H,8H2,1H3. The zero-order valence-corrected chi connectivity index (χ0v) is 13.5. The molecule has 0 atom stereocenters. The van der Waals surface area contributed by atoms with Gasteiger partial charge in [-0.15, -0.1) is 13.2 Å². The van der Waals surface area contributed by atoms with Crippen LogP contribution in [0.4, 0.5) is 18.9 Å². The minimum absolute atomic E-state index is 0.132. The number of alkyl halides is 3. The van der Waals surface area contributed by atoms with Gasteiger partial charge in [-0.05, 0) is 30.7 Å². The zero-order chi connectivity index (χ0) is 18.8. The lowest BCUT2D eigenvalue weighted by Crippen LogP contribution is -2.17. The second-order valence-corrected chi connectivity index (χ2v) is 6.89. The lowest BCUT2D eigenvalue weighted by Gasteiger charge is -2.09. The molecule has 0 saturated heterocycles. The first-order valence-electron chi connectivity index (χ1n) is 6.67. The number of benzene rings is 1. The van der Waals surface area contributed by atoms with Crippen molar-refractivity contribution >= 4 is 15.5 Å². The van der Waals surface area contributed by atoms with Gasteiger partial charge < -0.3 is 4.74 Å².